The van der Waals surface area contributed by atoms with Gasteiger partial charge in [-0.05, 0) is 42.0 Å². The fraction of sp³-hybridized carbons (Fsp3) is 0.0435. The van der Waals surface area contributed by atoms with Crippen LogP contribution in [0.5, 0.6) is 5.75 Å². The largest absolute Gasteiger partial charge is 0.497 e. The molecule has 0 fully saturated rings. The van der Waals surface area contributed by atoms with Gasteiger partial charge in [-0.2, -0.15) is 5.26 Å². The van der Waals surface area contributed by atoms with Gasteiger partial charge in [-0.25, -0.2) is 12.8 Å². The summed E-state index contributed by atoms with van der Waals surface area (Å²) in [6.45, 7) is 0. The van der Waals surface area contributed by atoms with Crippen molar-refractivity contribution in [3.63, 3.8) is 0 Å². The van der Waals surface area contributed by atoms with E-state index in [2.05, 4.69) is 4.98 Å². The van der Waals surface area contributed by atoms with E-state index in [4.69, 9.17) is 10.00 Å². The molecule has 7 heteroatoms. The Morgan fingerprint density at radius 2 is 1.77 bits per heavy atom. The van der Waals surface area contributed by atoms with Gasteiger partial charge >= 0.3 is 0 Å². The molecule has 0 atom stereocenters. The van der Waals surface area contributed by atoms with Gasteiger partial charge in [0.15, 0.2) is 0 Å². The minimum Gasteiger partial charge on any atom is -0.497 e. The summed E-state index contributed by atoms with van der Waals surface area (Å²) in [5.74, 6) is 0.0621. The molecule has 148 valence electrons. The van der Waals surface area contributed by atoms with E-state index in [1.165, 1.54) is 49.7 Å². The van der Waals surface area contributed by atoms with Crippen LogP contribution < -0.4 is 4.74 Å². The van der Waals surface area contributed by atoms with Crippen molar-refractivity contribution in [2.45, 2.75) is 9.79 Å². The van der Waals surface area contributed by atoms with Gasteiger partial charge < -0.3 is 4.74 Å². The van der Waals surface area contributed by atoms with Gasteiger partial charge in [-0.15, -0.1) is 0 Å². The number of ether oxygens (including phenoxy) is 1. The Kier molecular flexibility index (Phi) is 4.94. The molecular weight excluding hydrogens is 403 g/mol. The number of sulfone groups is 1. The molecule has 0 aliphatic heterocycles. The molecule has 0 radical (unpaired) electrons. The number of hydrogen-bond acceptors (Lipinski definition) is 5. The zero-order chi connectivity index (χ0) is 21.3. The molecule has 0 aliphatic carbocycles. The second kappa shape index (κ2) is 7.58. The number of rotatable bonds is 4. The van der Waals surface area contributed by atoms with Crippen LogP contribution in [0.25, 0.3) is 22.0 Å². The number of methoxy groups -OCH3 is 1. The van der Waals surface area contributed by atoms with Crippen molar-refractivity contribution in [1.29, 1.82) is 5.26 Å². The van der Waals surface area contributed by atoms with Gasteiger partial charge in [0.2, 0.25) is 9.84 Å². The van der Waals surface area contributed by atoms with E-state index in [9.17, 15) is 12.8 Å². The number of hydrogen-bond donors (Lipinski definition) is 0. The molecule has 1 heterocycles. The number of pyridine rings is 1. The Morgan fingerprint density at radius 1 is 1.03 bits per heavy atom. The van der Waals surface area contributed by atoms with E-state index in [1.54, 1.807) is 30.3 Å². The molecule has 0 N–H and O–H groups in total. The summed E-state index contributed by atoms with van der Waals surface area (Å²) >= 11 is 0. The maximum atomic E-state index is 14.4. The molecule has 0 spiro atoms. The van der Waals surface area contributed by atoms with E-state index in [0.717, 1.165) is 0 Å². The Bertz CT molecular complexity index is 1410. The van der Waals surface area contributed by atoms with Gasteiger partial charge in [0.1, 0.15) is 17.1 Å². The Morgan fingerprint density at radius 3 is 2.47 bits per heavy atom. The summed E-state index contributed by atoms with van der Waals surface area (Å²) < 4.78 is 46.5. The number of nitriles is 1. The maximum absolute atomic E-state index is 14.4. The van der Waals surface area contributed by atoms with Crippen LogP contribution in [0.1, 0.15) is 5.56 Å². The molecule has 30 heavy (non-hydrogen) atoms. The van der Waals surface area contributed by atoms with Gasteiger partial charge in [0.25, 0.3) is 0 Å². The standard InChI is InChI=1S/C23H15FN2O3S/c1-29-17-10-8-16(9-11-17)22-19-6-3-7-20(24)23(19)26-14-21(22)30(27,28)18-5-2-4-15(12-18)13-25/h2-12,14H,1H3. The highest BCUT2D eigenvalue weighted by Crippen LogP contribution is 2.37. The molecule has 0 amide bonds. The number of nitrogens with zero attached hydrogens (tertiary/aromatic N) is 2. The summed E-state index contributed by atoms with van der Waals surface area (Å²) in [6.07, 6.45) is 1.17. The van der Waals surface area contributed by atoms with Crippen molar-refractivity contribution in [3.8, 4) is 22.9 Å². The number of benzene rings is 3. The average molecular weight is 418 g/mol. The third-order valence-electron chi connectivity index (χ3n) is 4.76. The molecule has 4 aromatic rings. The lowest BCUT2D eigenvalue weighted by atomic mass is 10.0. The second-order valence-corrected chi connectivity index (χ2v) is 8.42. The molecule has 4 rings (SSSR count). The van der Waals surface area contributed by atoms with Crippen molar-refractivity contribution in [3.05, 3.63) is 84.3 Å². The van der Waals surface area contributed by atoms with Gasteiger partial charge in [-0.1, -0.05) is 30.3 Å². The first-order chi connectivity index (χ1) is 14.5. The monoisotopic (exact) mass is 418 g/mol. The van der Waals surface area contributed by atoms with Gasteiger partial charge in [-0.3, -0.25) is 4.98 Å². The van der Waals surface area contributed by atoms with Crippen LogP contribution in [0.15, 0.2) is 82.7 Å². The number of aromatic nitrogens is 1. The van der Waals surface area contributed by atoms with Gasteiger partial charge in [0.05, 0.1) is 28.5 Å². The van der Waals surface area contributed by atoms with Crippen molar-refractivity contribution < 1.29 is 17.5 Å². The van der Waals surface area contributed by atoms with E-state index in [0.29, 0.717) is 22.3 Å². The summed E-state index contributed by atoms with van der Waals surface area (Å²) in [5.41, 5.74) is 1.21. The summed E-state index contributed by atoms with van der Waals surface area (Å²) in [6, 6.07) is 19.0. The van der Waals surface area contributed by atoms with E-state index in [-0.39, 0.29) is 20.9 Å². The van der Waals surface area contributed by atoms with Crippen LogP contribution in [-0.2, 0) is 9.84 Å². The molecule has 3 aromatic carbocycles. The van der Waals surface area contributed by atoms with Crippen LogP contribution >= 0.6 is 0 Å². The van der Waals surface area contributed by atoms with Crippen LogP contribution in [-0.4, -0.2) is 20.5 Å². The molecular formula is C23H15FN2O3S. The molecule has 5 nitrogen and oxygen atoms in total. The molecule has 0 aliphatic rings. The Balaban J connectivity index is 2.06. The lowest BCUT2D eigenvalue weighted by molar-refractivity contribution is 0.415. The summed E-state index contributed by atoms with van der Waals surface area (Å²) in [4.78, 5) is 3.99. The lowest BCUT2D eigenvalue weighted by Crippen LogP contribution is -2.06. The van der Waals surface area contributed by atoms with Crippen molar-refractivity contribution in [1.82, 2.24) is 4.98 Å². The highest BCUT2D eigenvalue weighted by Gasteiger charge is 2.25. The fourth-order valence-electron chi connectivity index (χ4n) is 3.29. The first-order valence-corrected chi connectivity index (χ1v) is 10.4. The second-order valence-electron chi connectivity index (χ2n) is 6.51. The van der Waals surface area contributed by atoms with Crippen molar-refractivity contribution in [2.24, 2.45) is 0 Å². The number of para-hydroxylation sites is 1. The first-order valence-electron chi connectivity index (χ1n) is 8.92. The quantitative estimate of drug-likeness (QED) is 0.478. The van der Waals surface area contributed by atoms with E-state index in [1.807, 2.05) is 6.07 Å². The third kappa shape index (κ3) is 3.27. The predicted octanol–water partition coefficient (Wildman–Crippen LogP) is 4.75. The smallest absolute Gasteiger partial charge is 0.208 e. The summed E-state index contributed by atoms with van der Waals surface area (Å²) in [5, 5.41) is 9.51. The lowest BCUT2D eigenvalue weighted by Gasteiger charge is -2.14. The predicted molar refractivity (Wildman–Crippen MR) is 110 cm³/mol. The fourth-order valence-corrected chi connectivity index (χ4v) is 4.77. The van der Waals surface area contributed by atoms with Crippen molar-refractivity contribution in [2.75, 3.05) is 7.11 Å². The highest BCUT2D eigenvalue weighted by atomic mass is 32.2. The van der Waals surface area contributed by atoms with E-state index >= 15 is 0 Å². The molecule has 0 saturated heterocycles. The topological polar surface area (TPSA) is 80.0 Å². The van der Waals surface area contributed by atoms with Crippen LogP contribution in [0.4, 0.5) is 4.39 Å². The highest BCUT2D eigenvalue weighted by molar-refractivity contribution is 7.91. The normalized spacial score (nSPS) is 11.2. The van der Waals surface area contributed by atoms with Crippen LogP contribution in [0.3, 0.4) is 0 Å². The molecule has 0 unspecified atom stereocenters. The Hall–Kier alpha value is -3.76. The Labute approximate surface area is 172 Å². The minimum atomic E-state index is -4.04. The van der Waals surface area contributed by atoms with Crippen molar-refractivity contribution >= 4 is 20.7 Å². The maximum Gasteiger partial charge on any atom is 0.208 e. The number of fused-ring (bicyclic) bond motifs is 1. The van der Waals surface area contributed by atoms with Gasteiger partial charge in [0, 0.05) is 17.1 Å². The zero-order valence-electron chi connectivity index (χ0n) is 15.8. The summed E-state index contributed by atoms with van der Waals surface area (Å²) in [7, 11) is -2.51. The SMILES string of the molecule is COc1ccc(-c2c(S(=O)(=O)c3cccc(C#N)c3)cnc3c(F)cccc23)cc1. The number of halogens is 1. The van der Waals surface area contributed by atoms with Crippen LogP contribution in [0.2, 0.25) is 0 Å². The average Bonchev–Trinajstić information content (AvgIpc) is 2.78. The zero-order valence-corrected chi connectivity index (χ0v) is 16.7. The minimum absolute atomic E-state index is 0.0335. The molecule has 0 saturated carbocycles. The first kappa shape index (κ1) is 19.6. The molecule has 1 aromatic heterocycles. The van der Waals surface area contributed by atoms with Crippen LogP contribution in [0, 0.1) is 17.1 Å². The molecule has 0 bridgehead atoms. The third-order valence-corrected chi connectivity index (χ3v) is 6.52. The van der Waals surface area contributed by atoms with E-state index < -0.39 is 15.7 Å².